The Bertz CT molecular complexity index is 575. The van der Waals surface area contributed by atoms with Gasteiger partial charge in [0.2, 0.25) is 0 Å². The van der Waals surface area contributed by atoms with E-state index in [1.807, 2.05) is 13.8 Å². The topological polar surface area (TPSA) is 63.8 Å². The van der Waals surface area contributed by atoms with Crippen molar-refractivity contribution in [1.29, 1.82) is 0 Å². The lowest BCUT2D eigenvalue weighted by Gasteiger charge is -2.13. The number of anilines is 1. The summed E-state index contributed by atoms with van der Waals surface area (Å²) < 4.78 is 13.3. The molecule has 2 aromatic rings. The van der Waals surface area contributed by atoms with Gasteiger partial charge < -0.3 is 11.1 Å². The van der Waals surface area contributed by atoms with E-state index in [1.54, 1.807) is 12.1 Å². The van der Waals surface area contributed by atoms with Gasteiger partial charge in [-0.3, -0.25) is 0 Å². The normalized spacial score (nSPS) is 10.6. The van der Waals surface area contributed by atoms with Crippen LogP contribution < -0.4 is 11.1 Å². The van der Waals surface area contributed by atoms with Crippen LogP contribution in [0.2, 0.25) is 0 Å². The molecule has 0 saturated heterocycles. The maximum atomic E-state index is 13.3. The number of benzene rings is 1. The molecule has 0 atom stereocenters. The summed E-state index contributed by atoms with van der Waals surface area (Å²) in [5.41, 5.74) is 8.80. The van der Waals surface area contributed by atoms with Crippen molar-refractivity contribution in [1.82, 2.24) is 9.97 Å². The molecule has 0 unspecified atom stereocenters. The maximum Gasteiger partial charge on any atom is 0.159 e. The molecule has 0 aliphatic carbocycles. The van der Waals surface area contributed by atoms with Crippen molar-refractivity contribution in [2.75, 3.05) is 18.4 Å². The van der Waals surface area contributed by atoms with Crippen molar-refractivity contribution < 1.29 is 4.39 Å². The highest BCUT2D eigenvalue weighted by atomic mass is 19.1. The van der Waals surface area contributed by atoms with Crippen molar-refractivity contribution in [3.8, 4) is 11.4 Å². The van der Waals surface area contributed by atoms with Gasteiger partial charge in [0, 0.05) is 12.1 Å². The van der Waals surface area contributed by atoms with Crippen molar-refractivity contribution in [2.45, 2.75) is 20.3 Å². The summed E-state index contributed by atoms with van der Waals surface area (Å²) >= 11 is 0. The minimum atomic E-state index is -0.286. The number of aryl methyl sites for hydroxylation is 2. The van der Waals surface area contributed by atoms with Gasteiger partial charge >= 0.3 is 0 Å². The fourth-order valence-electron chi connectivity index (χ4n) is 2.04. The van der Waals surface area contributed by atoms with Gasteiger partial charge in [-0.15, -0.1) is 0 Å². The number of rotatable bonds is 5. The van der Waals surface area contributed by atoms with Gasteiger partial charge in [-0.25, -0.2) is 14.4 Å². The zero-order valence-corrected chi connectivity index (χ0v) is 11.8. The first-order valence-electron chi connectivity index (χ1n) is 6.67. The molecule has 1 heterocycles. The molecule has 4 nitrogen and oxygen atoms in total. The lowest BCUT2D eigenvalue weighted by atomic mass is 10.2. The van der Waals surface area contributed by atoms with E-state index in [1.165, 1.54) is 12.1 Å². The van der Waals surface area contributed by atoms with Gasteiger partial charge in [0.25, 0.3) is 0 Å². The Morgan fingerprint density at radius 1 is 1.20 bits per heavy atom. The highest BCUT2D eigenvalue weighted by Crippen LogP contribution is 2.22. The Kier molecular flexibility index (Phi) is 4.63. The van der Waals surface area contributed by atoms with Crippen LogP contribution >= 0.6 is 0 Å². The van der Waals surface area contributed by atoms with Gasteiger partial charge in [-0.05, 0) is 38.9 Å². The summed E-state index contributed by atoms with van der Waals surface area (Å²) in [5, 5.41) is 3.29. The minimum Gasteiger partial charge on any atom is -0.382 e. The molecular formula is C15H19FN4. The molecule has 0 fully saturated rings. The predicted molar refractivity (Wildman–Crippen MR) is 79.1 cm³/mol. The predicted octanol–water partition coefficient (Wildman–Crippen LogP) is 2.66. The molecule has 5 heteroatoms. The van der Waals surface area contributed by atoms with Gasteiger partial charge in [0.15, 0.2) is 5.82 Å². The molecular weight excluding hydrogens is 255 g/mol. The summed E-state index contributed by atoms with van der Waals surface area (Å²) in [5.74, 6) is 0.260. The van der Waals surface area contributed by atoms with Crippen molar-refractivity contribution in [3.63, 3.8) is 0 Å². The Balaban J connectivity index is 2.30. The van der Waals surface area contributed by atoms with Crippen molar-refractivity contribution >= 4 is 5.69 Å². The first-order valence-corrected chi connectivity index (χ1v) is 6.67. The Hall–Kier alpha value is -2.01. The zero-order chi connectivity index (χ0) is 14.5. The molecule has 106 valence electrons. The second-order valence-corrected chi connectivity index (χ2v) is 4.67. The van der Waals surface area contributed by atoms with Gasteiger partial charge in [0.05, 0.1) is 17.1 Å². The van der Waals surface area contributed by atoms with Crippen LogP contribution in [0.3, 0.4) is 0 Å². The molecule has 0 aliphatic rings. The summed E-state index contributed by atoms with van der Waals surface area (Å²) in [4.78, 5) is 8.91. The van der Waals surface area contributed by atoms with E-state index in [0.717, 1.165) is 30.0 Å². The van der Waals surface area contributed by atoms with Crippen LogP contribution in [0.1, 0.15) is 17.8 Å². The van der Waals surface area contributed by atoms with Crippen LogP contribution in [0.4, 0.5) is 10.1 Å². The summed E-state index contributed by atoms with van der Waals surface area (Å²) in [6.07, 6.45) is 0.893. The van der Waals surface area contributed by atoms with E-state index >= 15 is 0 Å². The van der Waals surface area contributed by atoms with Gasteiger partial charge in [-0.2, -0.15) is 0 Å². The quantitative estimate of drug-likeness (QED) is 0.823. The van der Waals surface area contributed by atoms with Crippen LogP contribution in [0.5, 0.6) is 0 Å². The third-order valence-corrected chi connectivity index (χ3v) is 3.04. The molecule has 3 N–H and O–H groups in total. The van der Waals surface area contributed by atoms with E-state index in [9.17, 15) is 4.39 Å². The fourth-order valence-corrected chi connectivity index (χ4v) is 2.04. The third-order valence-electron chi connectivity index (χ3n) is 3.04. The number of aromatic nitrogens is 2. The van der Waals surface area contributed by atoms with Gasteiger partial charge in [0.1, 0.15) is 5.82 Å². The number of hydrogen-bond acceptors (Lipinski definition) is 4. The first-order chi connectivity index (χ1) is 9.61. The SMILES string of the molecule is Cc1nc(-c2cccc(F)c2)nc(C)c1NCCCN. The molecule has 0 saturated carbocycles. The Labute approximate surface area is 118 Å². The maximum absolute atomic E-state index is 13.3. The number of hydrogen-bond donors (Lipinski definition) is 2. The number of nitrogens with zero attached hydrogens (tertiary/aromatic N) is 2. The molecule has 20 heavy (non-hydrogen) atoms. The molecule has 2 rings (SSSR count). The fraction of sp³-hybridized carbons (Fsp3) is 0.333. The van der Waals surface area contributed by atoms with E-state index in [0.29, 0.717) is 17.9 Å². The molecule has 0 spiro atoms. The molecule has 0 amide bonds. The summed E-state index contributed by atoms with van der Waals surface area (Å²) in [6.45, 7) is 5.28. The van der Waals surface area contributed by atoms with Crippen LogP contribution in [0, 0.1) is 19.7 Å². The average molecular weight is 274 g/mol. The molecule has 0 bridgehead atoms. The number of nitrogens with two attached hydrogens (primary N) is 1. The van der Waals surface area contributed by atoms with E-state index < -0.39 is 0 Å². The standard InChI is InChI=1S/C15H19FN4/c1-10-14(18-8-4-7-17)11(2)20-15(19-10)12-5-3-6-13(16)9-12/h3,5-6,9,18H,4,7-8,17H2,1-2H3. The molecule has 0 aliphatic heterocycles. The largest absolute Gasteiger partial charge is 0.382 e. The van der Waals surface area contributed by atoms with E-state index in [2.05, 4.69) is 15.3 Å². The van der Waals surface area contributed by atoms with Gasteiger partial charge in [-0.1, -0.05) is 12.1 Å². The Morgan fingerprint density at radius 2 is 1.90 bits per heavy atom. The summed E-state index contributed by atoms with van der Waals surface area (Å²) in [7, 11) is 0. The molecule has 0 radical (unpaired) electrons. The van der Waals surface area contributed by atoms with E-state index in [-0.39, 0.29) is 5.82 Å². The number of nitrogens with one attached hydrogen (secondary N) is 1. The second-order valence-electron chi connectivity index (χ2n) is 4.67. The van der Waals surface area contributed by atoms with Crippen LogP contribution in [0.15, 0.2) is 24.3 Å². The third kappa shape index (κ3) is 3.30. The second kappa shape index (κ2) is 6.43. The zero-order valence-electron chi connectivity index (χ0n) is 11.8. The van der Waals surface area contributed by atoms with Crippen molar-refractivity contribution in [3.05, 3.63) is 41.5 Å². The van der Waals surface area contributed by atoms with Crippen LogP contribution in [-0.4, -0.2) is 23.1 Å². The molecule has 1 aromatic heterocycles. The lowest BCUT2D eigenvalue weighted by molar-refractivity contribution is 0.628. The monoisotopic (exact) mass is 274 g/mol. The first kappa shape index (κ1) is 14.4. The minimum absolute atomic E-state index is 0.286. The van der Waals surface area contributed by atoms with Crippen molar-refractivity contribution in [2.24, 2.45) is 5.73 Å². The van der Waals surface area contributed by atoms with E-state index in [4.69, 9.17) is 5.73 Å². The average Bonchev–Trinajstić information content (AvgIpc) is 2.41. The number of halogens is 1. The Morgan fingerprint density at radius 3 is 2.50 bits per heavy atom. The van der Waals surface area contributed by atoms with Crippen LogP contribution in [-0.2, 0) is 0 Å². The highest BCUT2D eigenvalue weighted by molar-refractivity contribution is 5.60. The lowest BCUT2D eigenvalue weighted by Crippen LogP contribution is -2.11. The van der Waals surface area contributed by atoms with Crippen LogP contribution in [0.25, 0.3) is 11.4 Å². The highest BCUT2D eigenvalue weighted by Gasteiger charge is 2.10. The smallest absolute Gasteiger partial charge is 0.159 e. The summed E-state index contributed by atoms with van der Waals surface area (Å²) in [6, 6.07) is 6.31. The molecule has 1 aromatic carbocycles.